The van der Waals surface area contributed by atoms with Gasteiger partial charge in [-0.25, -0.2) is 0 Å². The number of hydrogen-bond donors (Lipinski definition) is 0. The fourth-order valence-electron chi connectivity index (χ4n) is 1.68. The van der Waals surface area contributed by atoms with E-state index in [1.165, 1.54) is 24.8 Å². The molecule has 1 aromatic heterocycles. The van der Waals surface area contributed by atoms with Crippen molar-refractivity contribution >= 4 is 44.0 Å². The molecule has 0 fully saturated rings. The highest BCUT2D eigenvalue weighted by molar-refractivity contribution is 14.1. The van der Waals surface area contributed by atoms with E-state index in [0.29, 0.717) is 0 Å². The molecule has 2 aromatic rings. The number of halogens is 1. The average molecular weight is 316 g/mol. The van der Waals surface area contributed by atoms with Crippen LogP contribution in [0.3, 0.4) is 0 Å². The Kier molecular flexibility index (Phi) is 3.12. The Morgan fingerprint density at radius 1 is 1.21 bits per heavy atom. The lowest BCUT2D eigenvalue weighted by Crippen LogP contribution is -1.84. The van der Waals surface area contributed by atoms with Crippen molar-refractivity contribution < 1.29 is 0 Å². The SMILES string of the molecule is CCc1cc(I)c2scc(CC)c2c1. The molecule has 0 amide bonds. The Morgan fingerprint density at radius 3 is 2.64 bits per heavy atom. The lowest BCUT2D eigenvalue weighted by Gasteiger charge is -2.01. The minimum absolute atomic E-state index is 1.13. The summed E-state index contributed by atoms with van der Waals surface area (Å²) in [6.45, 7) is 4.45. The second-order valence-corrected chi connectivity index (χ2v) is 5.46. The van der Waals surface area contributed by atoms with E-state index in [2.05, 4.69) is 54.0 Å². The fraction of sp³-hybridized carbons (Fsp3) is 0.333. The summed E-state index contributed by atoms with van der Waals surface area (Å²) in [6, 6.07) is 4.66. The van der Waals surface area contributed by atoms with Crippen LogP contribution in [0.5, 0.6) is 0 Å². The summed E-state index contributed by atoms with van der Waals surface area (Å²) >= 11 is 4.32. The predicted molar refractivity (Wildman–Crippen MR) is 73.3 cm³/mol. The Morgan fingerprint density at radius 2 is 2.00 bits per heavy atom. The third kappa shape index (κ3) is 1.70. The van der Waals surface area contributed by atoms with E-state index in [9.17, 15) is 0 Å². The Balaban J connectivity index is 2.73. The van der Waals surface area contributed by atoms with Gasteiger partial charge in [0.2, 0.25) is 0 Å². The molecule has 74 valence electrons. The third-order valence-corrected chi connectivity index (χ3v) is 4.85. The Labute approximate surface area is 102 Å². The van der Waals surface area contributed by atoms with Crippen molar-refractivity contribution in [2.24, 2.45) is 0 Å². The van der Waals surface area contributed by atoms with Crippen LogP contribution in [0.1, 0.15) is 25.0 Å². The molecule has 0 aliphatic heterocycles. The molecule has 0 saturated carbocycles. The maximum Gasteiger partial charge on any atom is 0.0479 e. The quantitative estimate of drug-likeness (QED) is 0.709. The van der Waals surface area contributed by atoms with E-state index in [1.807, 2.05) is 11.3 Å². The molecule has 1 aromatic carbocycles. The van der Waals surface area contributed by atoms with Gasteiger partial charge in [0.05, 0.1) is 0 Å². The molecule has 0 N–H and O–H groups in total. The molecular formula is C12H13IS. The van der Waals surface area contributed by atoms with E-state index in [0.717, 1.165) is 12.8 Å². The monoisotopic (exact) mass is 316 g/mol. The van der Waals surface area contributed by atoms with Gasteiger partial charge in [-0.2, -0.15) is 0 Å². The molecule has 0 radical (unpaired) electrons. The van der Waals surface area contributed by atoms with Crippen molar-refractivity contribution in [3.8, 4) is 0 Å². The highest BCUT2D eigenvalue weighted by Crippen LogP contribution is 2.31. The zero-order chi connectivity index (χ0) is 10.1. The maximum atomic E-state index is 2.45. The fourth-order valence-corrected chi connectivity index (χ4v) is 3.79. The van der Waals surface area contributed by atoms with Crippen LogP contribution in [0.2, 0.25) is 0 Å². The van der Waals surface area contributed by atoms with Crippen LogP contribution in [0.15, 0.2) is 17.5 Å². The summed E-state index contributed by atoms with van der Waals surface area (Å²) in [6.07, 6.45) is 2.27. The van der Waals surface area contributed by atoms with E-state index in [4.69, 9.17) is 0 Å². The van der Waals surface area contributed by atoms with Gasteiger partial charge < -0.3 is 0 Å². The van der Waals surface area contributed by atoms with E-state index >= 15 is 0 Å². The van der Waals surface area contributed by atoms with Crippen LogP contribution in [0.4, 0.5) is 0 Å². The first-order valence-electron chi connectivity index (χ1n) is 4.94. The first-order chi connectivity index (χ1) is 6.76. The van der Waals surface area contributed by atoms with Crippen LogP contribution < -0.4 is 0 Å². The predicted octanol–water partition coefficient (Wildman–Crippen LogP) is 4.63. The van der Waals surface area contributed by atoms with Crippen molar-refractivity contribution in [1.29, 1.82) is 0 Å². The molecule has 0 aliphatic carbocycles. The molecule has 0 aliphatic rings. The van der Waals surface area contributed by atoms with Crippen molar-refractivity contribution in [2.75, 3.05) is 0 Å². The molecule has 14 heavy (non-hydrogen) atoms. The second kappa shape index (κ2) is 4.19. The summed E-state index contributed by atoms with van der Waals surface area (Å²) in [7, 11) is 0. The standard InChI is InChI=1S/C12H13IS/c1-3-8-5-10-9(4-2)7-14-12(10)11(13)6-8/h5-7H,3-4H2,1-2H3. The number of hydrogen-bond acceptors (Lipinski definition) is 1. The van der Waals surface area contributed by atoms with Crippen molar-refractivity contribution in [3.63, 3.8) is 0 Å². The number of fused-ring (bicyclic) bond motifs is 1. The van der Waals surface area contributed by atoms with E-state index in [-0.39, 0.29) is 0 Å². The topological polar surface area (TPSA) is 0 Å². The van der Waals surface area contributed by atoms with E-state index < -0.39 is 0 Å². The van der Waals surface area contributed by atoms with Gasteiger partial charge in [0.25, 0.3) is 0 Å². The highest BCUT2D eigenvalue weighted by atomic mass is 127. The summed E-state index contributed by atoms with van der Waals surface area (Å²) in [5.41, 5.74) is 2.95. The van der Waals surface area contributed by atoms with Crippen LogP contribution in [-0.2, 0) is 12.8 Å². The smallest absolute Gasteiger partial charge is 0.0479 e. The molecule has 0 saturated heterocycles. The highest BCUT2D eigenvalue weighted by Gasteiger charge is 2.06. The minimum atomic E-state index is 1.13. The van der Waals surface area contributed by atoms with Crippen LogP contribution >= 0.6 is 33.9 Å². The Hall–Kier alpha value is -0.0900. The van der Waals surface area contributed by atoms with Gasteiger partial charge in [-0.05, 0) is 69.5 Å². The molecule has 0 spiro atoms. The average Bonchev–Trinajstić information content (AvgIpc) is 2.61. The number of thiophene rings is 1. The van der Waals surface area contributed by atoms with Crippen LogP contribution in [0, 0.1) is 3.57 Å². The van der Waals surface area contributed by atoms with Crippen molar-refractivity contribution in [2.45, 2.75) is 26.7 Å². The summed E-state index contributed by atoms with van der Waals surface area (Å²) < 4.78 is 2.86. The first-order valence-corrected chi connectivity index (χ1v) is 6.90. The van der Waals surface area contributed by atoms with Gasteiger partial charge >= 0.3 is 0 Å². The second-order valence-electron chi connectivity index (χ2n) is 3.42. The third-order valence-electron chi connectivity index (χ3n) is 2.56. The molecular weight excluding hydrogens is 303 g/mol. The maximum absolute atomic E-state index is 2.45. The van der Waals surface area contributed by atoms with Gasteiger partial charge in [0, 0.05) is 8.27 Å². The number of benzene rings is 1. The minimum Gasteiger partial charge on any atom is -0.142 e. The molecule has 2 rings (SSSR count). The number of rotatable bonds is 2. The normalized spacial score (nSPS) is 11.1. The summed E-state index contributed by atoms with van der Waals surface area (Å²) in [4.78, 5) is 0. The van der Waals surface area contributed by atoms with Crippen molar-refractivity contribution in [3.05, 3.63) is 32.2 Å². The lowest BCUT2D eigenvalue weighted by atomic mass is 10.1. The molecule has 0 unspecified atom stereocenters. The van der Waals surface area contributed by atoms with Crippen LogP contribution in [-0.4, -0.2) is 0 Å². The van der Waals surface area contributed by atoms with Gasteiger partial charge in [-0.3, -0.25) is 0 Å². The zero-order valence-corrected chi connectivity index (χ0v) is 11.4. The van der Waals surface area contributed by atoms with Crippen LogP contribution in [0.25, 0.3) is 10.1 Å². The number of aryl methyl sites for hydroxylation is 2. The van der Waals surface area contributed by atoms with Gasteiger partial charge in [0.1, 0.15) is 0 Å². The van der Waals surface area contributed by atoms with E-state index in [1.54, 1.807) is 0 Å². The summed E-state index contributed by atoms with van der Waals surface area (Å²) in [5.74, 6) is 0. The molecule has 0 nitrogen and oxygen atoms in total. The summed E-state index contributed by atoms with van der Waals surface area (Å²) in [5, 5.41) is 3.77. The zero-order valence-electron chi connectivity index (χ0n) is 8.43. The van der Waals surface area contributed by atoms with Gasteiger partial charge in [-0.15, -0.1) is 11.3 Å². The molecule has 2 heteroatoms. The molecule has 0 bridgehead atoms. The van der Waals surface area contributed by atoms with Gasteiger partial charge in [-0.1, -0.05) is 13.8 Å². The first kappa shape index (κ1) is 10.4. The molecule has 1 heterocycles. The largest absolute Gasteiger partial charge is 0.142 e. The van der Waals surface area contributed by atoms with Gasteiger partial charge in [0.15, 0.2) is 0 Å². The molecule has 0 atom stereocenters. The van der Waals surface area contributed by atoms with Crippen molar-refractivity contribution in [1.82, 2.24) is 0 Å². The lowest BCUT2D eigenvalue weighted by molar-refractivity contribution is 1.14. The Bertz CT molecular complexity index is 457.